The maximum atomic E-state index is 12.4. The molecule has 0 spiro atoms. The summed E-state index contributed by atoms with van der Waals surface area (Å²) in [4.78, 5) is 26.6. The molecule has 2 aliphatic heterocycles. The molecule has 2 aromatic carbocycles. The number of amides is 2. The van der Waals surface area contributed by atoms with Gasteiger partial charge in [-0.2, -0.15) is 0 Å². The molecule has 0 radical (unpaired) electrons. The molecule has 8 heteroatoms. The maximum Gasteiger partial charge on any atom is 0.265 e. The van der Waals surface area contributed by atoms with Crippen molar-refractivity contribution < 1.29 is 19.1 Å². The van der Waals surface area contributed by atoms with Crippen LogP contribution in [0.25, 0.3) is 6.08 Å². The molecule has 1 saturated heterocycles. The topological polar surface area (TPSA) is 67.9 Å². The lowest BCUT2D eigenvalue weighted by Gasteiger charge is -2.29. The van der Waals surface area contributed by atoms with Gasteiger partial charge < -0.3 is 19.7 Å². The molecule has 6 nitrogen and oxygen atoms in total. The minimum absolute atomic E-state index is 0.0134. The van der Waals surface area contributed by atoms with Gasteiger partial charge in [-0.3, -0.25) is 9.59 Å². The highest BCUT2D eigenvalue weighted by Crippen LogP contribution is 2.35. The molecule has 29 heavy (non-hydrogen) atoms. The maximum absolute atomic E-state index is 12.4. The van der Waals surface area contributed by atoms with Crippen molar-refractivity contribution in [3.63, 3.8) is 0 Å². The minimum atomic E-state index is -0.208. The Morgan fingerprint density at radius 3 is 2.79 bits per heavy atom. The summed E-state index contributed by atoms with van der Waals surface area (Å²) in [6.07, 6.45) is 2.44. The van der Waals surface area contributed by atoms with E-state index in [0.717, 1.165) is 11.3 Å². The van der Waals surface area contributed by atoms with E-state index in [9.17, 15) is 9.59 Å². The number of hydrogen-bond donors (Lipinski definition) is 1. The van der Waals surface area contributed by atoms with E-state index in [1.54, 1.807) is 11.0 Å². The smallest absolute Gasteiger partial charge is 0.265 e. The Labute approximate surface area is 177 Å². The van der Waals surface area contributed by atoms with E-state index in [-0.39, 0.29) is 18.4 Å². The van der Waals surface area contributed by atoms with Crippen molar-refractivity contribution in [2.75, 3.05) is 24.7 Å². The molecule has 2 aromatic rings. The predicted octanol–water partition coefficient (Wildman–Crippen LogP) is 3.37. The monoisotopic (exact) mass is 426 g/mol. The molecule has 0 aliphatic carbocycles. The van der Waals surface area contributed by atoms with E-state index >= 15 is 0 Å². The summed E-state index contributed by atoms with van der Waals surface area (Å²) in [6, 6.07) is 15.1. The van der Waals surface area contributed by atoms with Crippen LogP contribution in [0.1, 0.15) is 12.0 Å². The molecule has 2 amide bonds. The molecule has 0 bridgehead atoms. The van der Waals surface area contributed by atoms with Gasteiger partial charge in [-0.1, -0.05) is 48.2 Å². The summed E-state index contributed by atoms with van der Waals surface area (Å²) in [7, 11) is 0. The summed E-state index contributed by atoms with van der Waals surface area (Å²) in [5, 5.41) is 2.60. The molecular formula is C21H18N2O4S2. The van der Waals surface area contributed by atoms with Gasteiger partial charge in [-0.05, 0) is 42.3 Å². The molecule has 4 rings (SSSR count). The normalized spacial score (nSPS) is 17.2. The Balaban J connectivity index is 1.47. The zero-order valence-corrected chi connectivity index (χ0v) is 17.1. The van der Waals surface area contributed by atoms with Crippen LogP contribution in [0.5, 0.6) is 11.5 Å². The van der Waals surface area contributed by atoms with Gasteiger partial charge in [0.2, 0.25) is 0 Å². The first-order valence-corrected chi connectivity index (χ1v) is 10.3. The highest BCUT2D eigenvalue weighted by molar-refractivity contribution is 8.26. The molecule has 0 aromatic heterocycles. The number of carbonyl (C=O) groups excluding carboxylic acids is 2. The number of thioether (sulfide) groups is 1. The van der Waals surface area contributed by atoms with Crippen molar-refractivity contribution >= 4 is 51.9 Å². The number of rotatable bonds is 6. The van der Waals surface area contributed by atoms with E-state index < -0.39 is 0 Å². The molecular weight excluding hydrogens is 408 g/mol. The summed E-state index contributed by atoms with van der Waals surface area (Å²) < 4.78 is 11.7. The van der Waals surface area contributed by atoms with Crippen LogP contribution in [0.15, 0.2) is 53.4 Å². The van der Waals surface area contributed by atoms with Crippen molar-refractivity contribution in [1.82, 2.24) is 5.32 Å². The lowest BCUT2D eigenvalue weighted by molar-refractivity contribution is -0.121. The molecule has 2 heterocycles. The molecule has 1 N–H and O–H groups in total. The highest BCUT2D eigenvalue weighted by Gasteiger charge is 2.26. The van der Waals surface area contributed by atoms with Crippen molar-refractivity contribution in [2.24, 2.45) is 0 Å². The third-order valence-electron chi connectivity index (χ3n) is 4.40. The van der Waals surface area contributed by atoms with Crippen LogP contribution in [0.3, 0.4) is 0 Å². The Morgan fingerprint density at radius 2 is 2.03 bits per heavy atom. The van der Waals surface area contributed by atoms with Gasteiger partial charge in [0.15, 0.2) is 6.61 Å². The average Bonchev–Trinajstić information content (AvgIpc) is 3.04. The lowest BCUT2D eigenvalue weighted by atomic mass is 10.1. The van der Waals surface area contributed by atoms with Crippen LogP contribution in [0, 0.1) is 0 Å². The number of thiocarbonyl (C=S) groups is 1. The third-order valence-corrected chi connectivity index (χ3v) is 5.57. The van der Waals surface area contributed by atoms with Crippen LogP contribution in [0.2, 0.25) is 0 Å². The summed E-state index contributed by atoms with van der Waals surface area (Å²) in [6.45, 7) is 1.03. The van der Waals surface area contributed by atoms with Crippen LogP contribution >= 0.6 is 24.0 Å². The molecule has 0 atom stereocenters. The van der Waals surface area contributed by atoms with Crippen LogP contribution in [-0.4, -0.2) is 35.9 Å². The second-order valence-corrected chi connectivity index (χ2v) is 8.15. The third kappa shape index (κ3) is 4.60. The van der Waals surface area contributed by atoms with Crippen LogP contribution < -0.4 is 19.7 Å². The van der Waals surface area contributed by atoms with Gasteiger partial charge in [-0.15, -0.1) is 0 Å². The summed E-state index contributed by atoms with van der Waals surface area (Å²) >= 11 is 6.25. The zero-order valence-electron chi connectivity index (χ0n) is 15.4. The fourth-order valence-corrected chi connectivity index (χ4v) is 4.10. The van der Waals surface area contributed by atoms with E-state index in [1.807, 2.05) is 48.5 Å². The molecule has 2 aliphatic rings. The Morgan fingerprint density at radius 1 is 1.21 bits per heavy atom. The van der Waals surface area contributed by atoms with Crippen molar-refractivity contribution in [2.45, 2.75) is 6.42 Å². The second-order valence-electron chi connectivity index (χ2n) is 6.43. The van der Waals surface area contributed by atoms with Gasteiger partial charge in [0.1, 0.15) is 15.8 Å². The molecule has 1 fully saturated rings. The average molecular weight is 427 g/mol. The number of ether oxygens (including phenoxy) is 2. The summed E-state index contributed by atoms with van der Waals surface area (Å²) in [5.41, 5.74) is 1.50. The zero-order chi connectivity index (χ0) is 20.2. The van der Waals surface area contributed by atoms with Crippen molar-refractivity contribution in [3.8, 4) is 11.5 Å². The highest BCUT2D eigenvalue weighted by atomic mass is 32.2. The SMILES string of the molecule is O=C1NC(=S)SC1=Cc1ccc2c(c1)N(CCCOc1ccccc1)C(=O)CO2. The molecule has 148 valence electrons. The fraction of sp³-hybridized carbons (Fsp3) is 0.190. The summed E-state index contributed by atoms with van der Waals surface area (Å²) in [5.74, 6) is 1.14. The van der Waals surface area contributed by atoms with E-state index in [2.05, 4.69) is 5.32 Å². The van der Waals surface area contributed by atoms with Gasteiger partial charge >= 0.3 is 0 Å². The number of anilines is 1. The second kappa shape index (κ2) is 8.67. The van der Waals surface area contributed by atoms with E-state index in [4.69, 9.17) is 21.7 Å². The van der Waals surface area contributed by atoms with Gasteiger partial charge in [0.05, 0.1) is 17.2 Å². The van der Waals surface area contributed by atoms with E-state index in [1.165, 1.54) is 11.8 Å². The number of nitrogens with one attached hydrogen (secondary N) is 1. The number of nitrogens with zero attached hydrogens (tertiary/aromatic N) is 1. The number of carbonyl (C=O) groups is 2. The Bertz CT molecular complexity index is 991. The number of hydrogen-bond acceptors (Lipinski definition) is 6. The number of fused-ring (bicyclic) bond motifs is 1. The first-order chi connectivity index (χ1) is 14.1. The predicted molar refractivity (Wildman–Crippen MR) is 117 cm³/mol. The number of benzene rings is 2. The van der Waals surface area contributed by atoms with Crippen molar-refractivity contribution in [3.05, 3.63) is 59.0 Å². The molecule has 0 unspecified atom stereocenters. The first-order valence-electron chi connectivity index (χ1n) is 9.10. The fourth-order valence-electron chi connectivity index (χ4n) is 3.06. The van der Waals surface area contributed by atoms with Gasteiger partial charge in [0.25, 0.3) is 11.8 Å². The quantitative estimate of drug-likeness (QED) is 0.434. The van der Waals surface area contributed by atoms with Crippen LogP contribution in [-0.2, 0) is 9.59 Å². The Hall–Kier alpha value is -2.84. The van der Waals surface area contributed by atoms with Gasteiger partial charge in [0, 0.05) is 6.54 Å². The minimum Gasteiger partial charge on any atom is -0.494 e. The van der Waals surface area contributed by atoms with Crippen LogP contribution in [0.4, 0.5) is 5.69 Å². The van der Waals surface area contributed by atoms with E-state index in [0.29, 0.717) is 40.2 Å². The largest absolute Gasteiger partial charge is 0.494 e. The molecule has 0 saturated carbocycles. The number of para-hydroxylation sites is 1. The first kappa shape index (κ1) is 19.5. The standard InChI is InChI=1S/C21H18N2O4S2/c24-19-13-27-17-8-7-14(12-18-20(25)22-21(28)29-18)11-16(17)23(19)9-4-10-26-15-5-2-1-3-6-15/h1-3,5-8,11-12H,4,9-10,13H2,(H,22,25,28). The van der Waals surface area contributed by atoms with Crippen molar-refractivity contribution in [1.29, 1.82) is 0 Å². The lowest BCUT2D eigenvalue weighted by Crippen LogP contribution is -2.39. The Kier molecular flexibility index (Phi) is 5.82. The van der Waals surface area contributed by atoms with Gasteiger partial charge in [-0.25, -0.2) is 0 Å².